The molecule has 14 heavy (non-hydrogen) atoms. The number of nitrogen functional groups attached to an aromatic ring is 1. The predicted molar refractivity (Wildman–Crippen MR) is 63.5 cm³/mol. The van der Waals surface area contributed by atoms with Crippen molar-refractivity contribution in [2.24, 2.45) is 0 Å². The van der Waals surface area contributed by atoms with Gasteiger partial charge in [-0.05, 0) is 44.0 Å². The van der Waals surface area contributed by atoms with Crippen LogP contribution in [0, 0.1) is 6.92 Å². The SMILES string of the molecule is C/C=C/CCNc1ccc(N)c(C)c1. The molecule has 0 amide bonds. The van der Waals surface area contributed by atoms with Crippen LogP contribution in [0.4, 0.5) is 11.4 Å². The average molecular weight is 190 g/mol. The molecule has 0 aliphatic carbocycles. The molecule has 1 aromatic rings. The van der Waals surface area contributed by atoms with Crippen molar-refractivity contribution in [2.45, 2.75) is 20.3 Å². The number of aryl methyl sites for hydroxylation is 1. The van der Waals surface area contributed by atoms with E-state index in [4.69, 9.17) is 5.73 Å². The first-order valence-electron chi connectivity index (χ1n) is 4.95. The average Bonchev–Trinajstić information content (AvgIpc) is 2.18. The number of nitrogens with two attached hydrogens (primary N) is 1. The normalized spacial score (nSPS) is 10.7. The first-order chi connectivity index (χ1) is 6.74. The molecule has 0 spiro atoms. The standard InChI is InChI=1S/C12H18N2/c1-3-4-5-8-14-11-6-7-12(13)10(2)9-11/h3-4,6-7,9,14H,5,8,13H2,1-2H3/b4-3+. The van der Waals surface area contributed by atoms with Crippen LogP contribution in [-0.4, -0.2) is 6.54 Å². The van der Waals surface area contributed by atoms with Gasteiger partial charge in [0.15, 0.2) is 0 Å². The largest absolute Gasteiger partial charge is 0.399 e. The van der Waals surface area contributed by atoms with Gasteiger partial charge >= 0.3 is 0 Å². The van der Waals surface area contributed by atoms with E-state index in [1.807, 2.05) is 26.0 Å². The maximum Gasteiger partial charge on any atom is 0.0345 e. The van der Waals surface area contributed by atoms with Crippen LogP contribution in [0.1, 0.15) is 18.9 Å². The van der Waals surface area contributed by atoms with E-state index < -0.39 is 0 Å². The van der Waals surface area contributed by atoms with Crippen LogP contribution >= 0.6 is 0 Å². The van der Waals surface area contributed by atoms with E-state index in [-0.39, 0.29) is 0 Å². The molecule has 76 valence electrons. The van der Waals surface area contributed by atoms with E-state index in [2.05, 4.69) is 23.5 Å². The Morgan fingerprint density at radius 1 is 1.43 bits per heavy atom. The monoisotopic (exact) mass is 190 g/mol. The molecular formula is C12H18N2. The van der Waals surface area contributed by atoms with E-state index in [0.717, 1.165) is 29.9 Å². The number of rotatable bonds is 4. The molecule has 0 saturated carbocycles. The Morgan fingerprint density at radius 3 is 2.86 bits per heavy atom. The fourth-order valence-electron chi connectivity index (χ4n) is 1.25. The third-order valence-electron chi connectivity index (χ3n) is 2.15. The summed E-state index contributed by atoms with van der Waals surface area (Å²) in [6.07, 6.45) is 5.27. The van der Waals surface area contributed by atoms with E-state index in [1.165, 1.54) is 0 Å². The number of benzene rings is 1. The molecule has 0 radical (unpaired) electrons. The zero-order valence-corrected chi connectivity index (χ0v) is 8.88. The van der Waals surface area contributed by atoms with Crippen LogP contribution in [0.3, 0.4) is 0 Å². The third kappa shape index (κ3) is 3.13. The lowest BCUT2D eigenvalue weighted by molar-refractivity contribution is 1.06. The van der Waals surface area contributed by atoms with Gasteiger partial charge in [0.2, 0.25) is 0 Å². The maximum absolute atomic E-state index is 5.73. The van der Waals surface area contributed by atoms with Crippen molar-refractivity contribution in [1.29, 1.82) is 0 Å². The highest BCUT2D eigenvalue weighted by Crippen LogP contribution is 2.16. The van der Waals surface area contributed by atoms with Crippen LogP contribution in [0.2, 0.25) is 0 Å². The third-order valence-corrected chi connectivity index (χ3v) is 2.15. The van der Waals surface area contributed by atoms with Gasteiger partial charge in [0.1, 0.15) is 0 Å². The second-order valence-corrected chi connectivity index (χ2v) is 3.36. The number of hydrogen-bond acceptors (Lipinski definition) is 2. The van der Waals surface area contributed by atoms with Gasteiger partial charge in [-0.1, -0.05) is 12.2 Å². The van der Waals surface area contributed by atoms with Crippen molar-refractivity contribution in [3.63, 3.8) is 0 Å². The Hall–Kier alpha value is -1.44. The smallest absolute Gasteiger partial charge is 0.0345 e. The second kappa shape index (κ2) is 5.32. The molecule has 0 atom stereocenters. The molecule has 0 aliphatic heterocycles. The Bertz CT molecular complexity index is 316. The summed E-state index contributed by atoms with van der Waals surface area (Å²) >= 11 is 0. The van der Waals surface area contributed by atoms with E-state index in [1.54, 1.807) is 0 Å². The lowest BCUT2D eigenvalue weighted by atomic mass is 10.2. The Balaban J connectivity index is 2.47. The summed E-state index contributed by atoms with van der Waals surface area (Å²) in [4.78, 5) is 0. The summed E-state index contributed by atoms with van der Waals surface area (Å²) in [5.41, 5.74) is 8.84. The number of hydrogen-bond donors (Lipinski definition) is 2. The van der Waals surface area contributed by atoms with Gasteiger partial charge in [-0.3, -0.25) is 0 Å². The van der Waals surface area contributed by atoms with Gasteiger partial charge in [0.25, 0.3) is 0 Å². The molecule has 0 aromatic heterocycles. The molecule has 0 fully saturated rings. The molecule has 2 heteroatoms. The summed E-state index contributed by atoms with van der Waals surface area (Å²) in [6.45, 7) is 5.02. The first-order valence-corrected chi connectivity index (χ1v) is 4.95. The highest BCUT2D eigenvalue weighted by Gasteiger charge is 1.94. The Morgan fingerprint density at radius 2 is 2.21 bits per heavy atom. The van der Waals surface area contributed by atoms with Gasteiger partial charge in [0.05, 0.1) is 0 Å². The minimum atomic E-state index is 0.851. The van der Waals surface area contributed by atoms with E-state index >= 15 is 0 Å². The van der Waals surface area contributed by atoms with Gasteiger partial charge in [-0.15, -0.1) is 0 Å². The maximum atomic E-state index is 5.73. The molecule has 0 aliphatic rings. The van der Waals surface area contributed by atoms with Crippen molar-refractivity contribution >= 4 is 11.4 Å². The summed E-state index contributed by atoms with van der Waals surface area (Å²) < 4.78 is 0. The zero-order valence-electron chi connectivity index (χ0n) is 8.88. The number of nitrogens with one attached hydrogen (secondary N) is 1. The summed E-state index contributed by atoms with van der Waals surface area (Å²) in [5.74, 6) is 0. The van der Waals surface area contributed by atoms with Crippen LogP contribution in [-0.2, 0) is 0 Å². The van der Waals surface area contributed by atoms with E-state index in [0.29, 0.717) is 0 Å². The molecular weight excluding hydrogens is 172 g/mol. The molecule has 1 aromatic carbocycles. The minimum absolute atomic E-state index is 0.851. The van der Waals surface area contributed by atoms with Crippen molar-refractivity contribution in [1.82, 2.24) is 0 Å². The van der Waals surface area contributed by atoms with Crippen LogP contribution in [0.15, 0.2) is 30.4 Å². The molecule has 3 N–H and O–H groups in total. The van der Waals surface area contributed by atoms with Crippen LogP contribution < -0.4 is 11.1 Å². The summed E-state index contributed by atoms with van der Waals surface area (Å²) in [6, 6.07) is 6.02. The zero-order chi connectivity index (χ0) is 10.4. The molecule has 0 saturated heterocycles. The quantitative estimate of drug-likeness (QED) is 0.435. The second-order valence-electron chi connectivity index (χ2n) is 3.36. The lowest BCUT2D eigenvalue weighted by Crippen LogP contribution is -2.01. The topological polar surface area (TPSA) is 38.0 Å². The highest BCUT2D eigenvalue weighted by molar-refractivity contribution is 5.56. The van der Waals surface area contributed by atoms with Crippen molar-refractivity contribution in [3.05, 3.63) is 35.9 Å². The fourth-order valence-corrected chi connectivity index (χ4v) is 1.25. The van der Waals surface area contributed by atoms with Crippen molar-refractivity contribution < 1.29 is 0 Å². The van der Waals surface area contributed by atoms with Gasteiger partial charge in [-0.25, -0.2) is 0 Å². The summed E-state index contributed by atoms with van der Waals surface area (Å²) in [7, 11) is 0. The van der Waals surface area contributed by atoms with Crippen LogP contribution in [0.25, 0.3) is 0 Å². The number of anilines is 2. The molecule has 0 bridgehead atoms. The molecule has 0 heterocycles. The van der Waals surface area contributed by atoms with Gasteiger partial charge < -0.3 is 11.1 Å². The highest BCUT2D eigenvalue weighted by atomic mass is 14.9. The summed E-state index contributed by atoms with van der Waals surface area (Å²) in [5, 5.41) is 3.34. The van der Waals surface area contributed by atoms with Gasteiger partial charge in [-0.2, -0.15) is 0 Å². The fraction of sp³-hybridized carbons (Fsp3) is 0.333. The van der Waals surface area contributed by atoms with Crippen molar-refractivity contribution in [2.75, 3.05) is 17.6 Å². The minimum Gasteiger partial charge on any atom is -0.399 e. The van der Waals surface area contributed by atoms with Gasteiger partial charge in [0, 0.05) is 17.9 Å². The van der Waals surface area contributed by atoms with Crippen LogP contribution in [0.5, 0.6) is 0 Å². The molecule has 0 unspecified atom stereocenters. The Kier molecular flexibility index (Phi) is 4.05. The van der Waals surface area contributed by atoms with Crippen molar-refractivity contribution in [3.8, 4) is 0 Å². The number of allylic oxidation sites excluding steroid dienone is 1. The molecule has 1 rings (SSSR count). The van der Waals surface area contributed by atoms with E-state index in [9.17, 15) is 0 Å². The predicted octanol–water partition coefficient (Wildman–Crippen LogP) is 2.96. The molecule has 2 nitrogen and oxygen atoms in total. The first kappa shape index (κ1) is 10.6. The lowest BCUT2D eigenvalue weighted by Gasteiger charge is -2.07. The Labute approximate surface area is 85.8 Å².